The van der Waals surface area contributed by atoms with Gasteiger partial charge in [0.25, 0.3) is 11.5 Å². The standard InChI is InChI=1S/C22H24N4O2/c1-4-26-15(3)12-14(2)19(22(26)28)21(27)25-11-10-18-17(13-25)20(24-23-18)16-8-6-5-7-9-16/h5-9,12H,4,10-11,13H2,1-3H3,(H,23,24). The molecule has 3 heterocycles. The fourth-order valence-corrected chi connectivity index (χ4v) is 4.04. The van der Waals surface area contributed by atoms with Crippen molar-refractivity contribution in [2.75, 3.05) is 6.54 Å². The lowest BCUT2D eigenvalue weighted by molar-refractivity contribution is 0.0731. The molecule has 28 heavy (non-hydrogen) atoms. The van der Waals surface area contributed by atoms with Crippen LogP contribution in [0.25, 0.3) is 11.3 Å². The van der Waals surface area contributed by atoms with Crippen molar-refractivity contribution in [2.24, 2.45) is 0 Å². The lowest BCUT2D eigenvalue weighted by atomic mass is 10.00. The third kappa shape index (κ3) is 2.95. The van der Waals surface area contributed by atoms with Gasteiger partial charge in [-0.2, -0.15) is 5.10 Å². The second-order valence-electron chi connectivity index (χ2n) is 7.27. The van der Waals surface area contributed by atoms with Crippen molar-refractivity contribution >= 4 is 5.91 Å². The van der Waals surface area contributed by atoms with Crippen molar-refractivity contribution in [3.05, 3.63) is 74.8 Å². The van der Waals surface area contributed by atoms with Gasteiger partial charge in [-0.05, 0) is 32.4 Å². The normalized spacial score (nSPS) is 13.5. The summed E-state index contributed by atoms with van der Waals surface area (Å²) in [6, 6.07) is 11.9. The van der Waals surface area contributed by atoms with E-state index in [4.69, 9.17) is 0 Å². The predicted octanol–water partition coefficient (Wildman–Crippen LogP) is 3.07. The average molecular weight is 376 g/mol. The topological polar surface area (TPSA) is 71.0 Å². The summed E-state index contributed by atoms with van der Waals surface area (Å²) >= 11 is 0. The van der Waals surface area contributed by atoms with Gasteiger partial charge in [-0.3, -0.25) is 14.7 Å². The van der Waals surface area contributed by atoms with E-state index in [0.29, 0.717) is 26.1 Å². The number of nitrogens with one attached hydrogen (secondary N) is 1. The Morgan fingerprint density at radius 2 is 1.96 bits per heavy atom. The van der Waals surface area contributed by atoms with Gasteiger partial charge in [0.1, 0.15) is 5.56 Å². The Morgan fingerprint density at radius 3 is 2.68 bits per heavy atom. The number of aromatic nitrogens is 3. The molecular formula is C22H24N4O2. The largest absolute Gasteiger partial charge is 0.334 e. The first-order valence-electron chi connectivity index (χ1n) is 9.63. The molecule has 4 rings (SSSR count). The van der Waals surface area contributed by atoms with Crippen LogP contribution < -0.4 is 5.56 Å². The van der Waals surface area contributed by atoms with Gasteiger partial charge in [0.05, 0.1) is 5.69 Å². The molecule has 1 aliphatic heterocycles. The van der Waals surface area contributed by atoms with E-state index in [1.807, 2.05) is 57.2 Å². The highest BCUT2D eigenvalue weighted by molar-refractivity contribution is 5.95. The Kier molecular flexibility index (Phi) is 4.63. The molecule has 0 radical (unpaired) electrons. The van der Waals surface area contributed by atoms with E-state index in [1.165, 1.54) is 0 Å². The molecule has 0 spiro atoms. The second-order valence-corrected chi connectivity index (χ2v) is 7.27. The molecule has 1 N–H and O–H groups in total. The van der Waals surface area contributed by atoms with E-state index in [0.717, 1.165) is 33.8 Å². The summed E-state index contributed by atoms with van der Waals surface area (Å²) in [7, 11) is 0. The molecule has 6 nitrogen and oxygen atoms in total. The van der Waals surface area contributed by atoms with E-state index in [-0.39, 0.29) is 17.0 Å². The van der Waals surface area contributed by atoms with Crippen LogP contribution in [0.2, 0.25) is 0 Å². The summed E-state index contributed by atoms with van der Waals surface area (Å²) in [5, 5.41) is 7.60. The number of benzene rings is 1. The van der Waals surface area contributed by atoms with Crippen LogP contribution in [0.1, 0.15) is 39.8 Å². The zero-order chi connectivity index (χ0) is 19.8. The number of amides is 1. The van der Waals surface area contributed by atoms with Gasteiger partial charge in [-0.1, -0.05) is 30.3 Å². The number of nitrogens with zero attached hydrogens (tertiary/aromatic N) is 3. The molecule has 6 heteroatoms. The van der Waals surface area contributed by atoms with E-state index < -0.39 is 0 Å². The number of aryl methyl sites for hydroxylation is 2. The van der Waals surface area contributed by atoms with Crippen molar-refractivity contribution in [3.8, 4) is 11.3 Å². The molecule has 144 valence electrons. The van der Waals surface area contributed by atoms with Crippen LogP contribution in [0.4, 0.5) is 0 Å². The molecule has 1 aromatic carbocycles. The van der Waals surface area contributed by atoms with Crippen LogP contribution in [0.5, 0.6) is 0 Å². The van der Waals surface area contributed by atoms with Gasteiger partial charge >= 0.3 is 0 Å². The first-order valence-corrected chi connectivity index (χ1v) is 9.63. The first kappa shape index (κ1) is 18.2. The maximum absolute atomic E-state index is 13.3. The molecule has 0 bridgehead atoms. The lowest BCUT2D eigenvalue weighted by Gasteiger charge is -2.28. The van der Waals surface area contributed by atoms with Gasteiger partial charge in [0, 0.05) is 48.6 Å². The zero-order valence-corrected chi connectivity index (χ0v) is 16.5. The minimum absolute atomic E-state index is 0.199. The molecule has 0 unspecified atom stereocenters. The van der Waals surface area contributed by atoms with Crippen LogP contribution in [0, 0.1) is 13.8 Å². The molecule has 1 amide bonds. The molecule has 0 fully saturated rings. The number of aromatic amines is 1. The van der Waals surface area contributed by atoms with Gasteiger partial charge in [0.15, 0.2) is 0 Å². The molecule has 0 aliphatic carbocycles. The maximum atomic E-state index is 13.3. The zero-order valence-electron chi connectivity index (χ0n) is 16.5. The van der Waals surface area contributed by atoms with E-state index in [1.54, 1.807) is 9.47 Å². The lowest BCUT2D eigenvalue weighted by Crippen LogP contribution is -2.40. The van der Waals surface area contributed by atoms with E-state index >= 15 is 0 Å². The highest BCUT2D eigenvalue weighted by Gasteiger charge is 2.29. The summed E-state index contributed by atoms with van der Waals surface area (Å²) in [4.78, 5) is 28.0. The monoisotopic (exact) mass is 376 g/mol. The molecule has 0 saturated heterocycles. The summed E-state index contributed by atoms with van der Waals surface area (Å²) < 4.78 is 1.66. The fourth-order valence-electron chi connectivity index (χ4n) is 4.04. The number of pyridine rings is 1. The van der Waals surface area contributed by atoms with Crippen molar-refractivity contribution < 1.29 is 4.79 Å². The van der Waals surface area contributed by atoms with Crippen LogP contribution in [-0.4, -0.2) is 32.1 Å². The number of carbonyl (C=O) groups is 1. The van der Waals surface area contributed by atoms with Crippen molar-refractivity contribution in [3.63, 3.8) is 0 Å². The number of hydrogen-bond acceptors (Lipinski definition) is 3. The highest BCUT2D eigenvalue weighted by Crippen LogP contribution is 2.28. The van der Waals surface area contributed by atoms with Gasteiger partial charge in [0.2, 0.25) is 0 Å². The second kappa shape index (κ2) is 7.11. The smallest absolute Gasteiger partial charge is 0.263 e. The van der Waals surface area contributed by atoms with Crippen molar-refractivity contribution in [1.29, 1.82) is 0 Å². The van der Waals surface area contributed by atoms with Crippen LogP contribution >= 0.6 is 0 Å². The third-order valence-corrected chi connectivity index (χ3v) is 5.50. The van der Waals surface area contributed by atoms with Gasteiger partial charge < -0.3 is 9.47 Å². The highest BCUT2D eigenvalue weighted by atomic mass is 16.2. The van der Waals surface area contributed by atoms with Crippen LogP contribution in [0.3, 0.4) is 0 Å². The van der Waals surface area contributed by atoms with Gasteiger partial charge in [-0.25, -0.2) is 0 Å². The Hall–Kier alpha value is -3.15. The Morgan fingerprint density at radius 1 is 1.21 bits per heavy atom. The molecule has 0 saturated carbocycles. The molecular weight excluding hydrogens is 352 g/mol. The Bertz CT molecular complexity index is 1100. The Balaban J connectivity index is 1.70. The number of fused-ring (bicyclic) bond motifs is 1. The first-order chi connectivity index (χ1) is 13.5. The van der Waals surface area contributed by atoms with Crippen molar-refractivity contribution in [2.45, 2.75) is 40.3 Å². The molecule has 3 aromatic rings. The van der Waals surface area contributed by atoms with Crippen LogP contribution in [-0.2, 0) is 19.5 Å². The maximum Gasteiger partial charge on any atom is 0.263 e. The minimum atomic E-state index is -0.203. The number of H-pyrrole nitrogens is 1. The van der Waals surface area contributed by atoms with Gasteiger partial charge in [-0.15, -0.1) is 0 Å². The number of hydrogen-bond donors (Lipinski definition) is 1. The van der Waals surface area contributed by atoms with E-state index in [2.05, 4.69) is 10.2 Å². The van der Waals surface area contributed by atoms with Crippen molar-refractivity contribution in [1.82, 2.24) is 19.7 Å². The van der Waals surface area contributed by atoms with Crippen LogP contribution in [0.15, 0.2) is 41.2 Å². The third-order valence-electron chi connectivity index (χ3n) is 5.50. The molecule has 0 atom stereocenters. The number of carbonyl (C=O) groups excluding carboxylic acids is 1. The SMILES string of the molecule is CCn1c(C)cc(C)c(C(=O)N2CCc3[nH]nc(-c4ccccc4)c3C2)c1=O. The average Bonchev–Trinajstić information content (AvgIpc) is 3.11. The summed E-state index contributed by atoms with van der Waals surface area (Å²) in [5.74, 6) is -0.199. The number of rotatable bonds is 3. The molecule has 2 aromatic heterocycles. The fraction of sp³-hybridized carbons (Fsp3) is 0.318. The van der Waals surface area contributed by atoms with E-state index in [9.17, 15) is 9.59 Å². The summed E-state index contributed by atoms with van der Waals surface area (Å²) in [6.07, 6.45) is 0.702. The molecule has 1 aliphatic rings. The minimum Gasteiger partial charge on any atom is -0.334 e. The Labute approximate surface area is 163 Å². The summed E-state index contributed by atoms with van der Waals surface area (Å²) in [6.45, 7) is 7.23. The predicted molar refractivity (Wildman–Crippen MR) is 108 cm³/mol. The quantitative estimate of drug-likeness (QED) is 0.764. The summed E-state index contributed by atoms with van der Waals surface area (Å²) in [5.41, 5.74) is 5.68.